The maximum atomic E-state index is 5.57. The Kier molecular flexibility index (Phi) is 4.85. The highest BCUT2D eigenvalue weighted by atomic mass is 16.7. The van der Waals surface area contributed by atoms with Crippen molar-refractivity contribution < 1.29 is 14.0 Å². The van der Waals surface area contributed by atoms with Crippen molar-refractivity contribution in [3.63, 3.8) is 0 Å². The van der Waals surface area contributed by atoms with Crippen LogP contribution in [0.4, 0.5) is 0 Å². The topological polar surface area (TPSA) is 18.5 Å². The Bertz CT molecular complexity index is 149. The van der Waals surface area contributed by atoms with Crippen LogP contribution in [0.5, 0.6) is 0 Å². The third-order valence-corrected chi connectivity index (χ3v) is 2.94. The monoisotopic (exact) mass is 202 g/mol. The van der Waals surface area contributed by atoms with Crippen molar-refractivity contribution in [1.29, 1.82) is 0 Å². The van der Waals surface area contributed by atoms with Gasteiger partial charge in [-0.2, -0.15) is 0 Å². The molecule has 1 aliphatic heterocycles. The second-order valence-electron chi connectivity index (χ2n) is 4.30. The number of likely N-dealkylation sites (tertiary alicyclic amines) is 1. The maximum absolute atomic E-state index is 5.57. The fourth-order valence-corrected chi connectivity index (χ4v) is 2.17. The smallest absolute Gasteiger partial charge is 0.207 e. The number of hydrogen-bond donors (Lipinski definition) is 0. The quantitative estimate of drug-likeness (QED) is 0.481. The van der Waals surface area contributed by atoms with Gasteiger partial charge in [0.05, 0.1) is 20.1 Å². The molecule has 1 fully saturated rings. The number of ether oxygens (including phenoxy) is 2. The van der Waals surface area contributed by atoms with Crippen molar-refractivity contribution in [3.8, 4) is 0 Å². The van der Waals surface area contributed by atoms with Gasteiger partial charge < -0.3 is 14.0 Å². The minimum absolute atomic E-state index is 0.00639. The number of nitrogens with zero attached hydrogens (tertiary/aromatic N) is 1. The molecule has 0 saturated carbocycles. The molecule has 3 nitrogen and oxygen atoms in total. The van der Waals surface area contributed by atoms with Gasteiger partial charge in [0.1, 0.15) is 6.54 Å². The van der Waals surface area contributed by atoms with Gasteiger partial charge in [0.2, 0.25) is 6.29 Å². The zero-order valence-corrected chi connectivity index (χ0v) is 9.79. The molecule has 0 aliphatic carbocycles. The summed E-state index contributed by atoms with van der Waals surface area (Å²) in [6, 6.07) is 0. The molecule has 1 rings (SSSR count). The summed E-state index contributed by atoms with van der Waals surface area (Å²) in [5, 5.41) is 0. The molecule has 0 bridgehead atoms. The van der Waals surface area contributed by atoms with Gasteiger partial charge in [-0.05, 0) is 13.8 Å². The number of quaternary nitrogens is 1. The normalized spacial score (nSPS) is 20.6. The molecule has 0 spiro atoms. The van der Waals surface area contributed by atoms with Gasteiger partial charge in [0.15, 0.2) is 0 Å². The average Bonchev–Trinajstić information content (AvgIpc) is 2.53. The highest BCUT2D eigenvalue weighted by Gasteiger charge is 2.30. The van der Waals surface area contributed by atoms with Crippen LogP contribution >= 0.6 is 0 Å². The summed E-state index contributed by atoms with van der Waals surface area (Å²) in [6.45, 7) is 9.08. The minimum atomic E-state index is -0.00639. The highest BCUT2D eigenvalue weighted by Crippen LogP contribution is 2.17. The minimum Gasteiger partial charge on any atom is -0.348 e. The molecule has 0 unspecified atom stereocenters. The third-order valence-electron chi connectivity index (χ3n) is 2.94. The molecule has 0 aromatic carbocycles. The van der Waals surface area contributed by atoms with Crippen LogP contribution in [0.2, 0.25) is 0 Å². The molecule has 1 saturated heterocycles. The van der Waals surface area contributed by atoms with Gasteiger partial charge in [0, 0.05) is 26.1 Å². The van der Waals surface area contributed by atoms with Crippen molar-refractivity contribution in [2.45, 2.75) is 33.0 Å². The average molecular weight is 202 g/mol. The first kappa shape index (κ1) is 12.0. The fraction of sp³-hybridized carbons (Fsp3) is 1.00. The molecule has 3 heteroatoms. The Morgan fingerprint density at radius 2 is 1.57 bits per heavy atom. The van der Waals surface area contributed by atoms with Crippen LogP contribution in [0.1, 0.15) is 26.7 Å². The van der Waals surface area contributed by atoms with Gasteiger partial charge in [0.25, 0.3) is 0 Å². The molecule has 0 aromatic rings. The lowest BCUT2D eigenvalue weighted by Gasteiger charge is -2.32. The zero-order valence-electron chi connectivity index (χ0n) is 9.79. The first-order chi connectivity index (χ1) is 6.70. The fourth-order valence-electron chi connectivity index (χ4n) is 2.17. The molecule has 0 aromatic heterocycles. The molecule has 0 amide bonds. The van der Waals surface area contributed by atoms with E-state index in [4.69, 9.17) is 9.47 Å². The van der Waals surface area contributed by atoms with Gasteiger partial charge in [-0.25, -0.2) is 0 Å². The molecule has 0 radical (unpaired) electrons. The van der Waals surface area contributed by atoms with Crippen molar-refractivity contribution in [2.24, 2.45) is 0 Å². The number of likely N-dealkylation sites (N-methyl/N-ethyl adjacent to an activating group) is 1. The first-order valence-electron chi connectivity index (χ1n) is 5.77. The summed E-state index contributed by atoms with van der Waals surface area (Å²) in [6.07, 6.45) is 2.69. The van der Waals surface area contributed by atoms with Crippen LogP contribution in [0.15, 0.2) is 0 Å². The van der Waals surface area contributed by atoms with E-state index in [-0.39, 0.29) is 6.29 Å². The van der Waals surface area contributed by atoms with Crippen LogP contribution in [0.25, 0.3) is 0 Å². The van der Waals surface area contributed by atoms with E-state index in [1.165, 1.54) is 25.9 Å². The van der Waals surface area contributed by atoms with E-state index in [1.807, 2.05) is 13.8 Å². The van der Waals surface area contributed by atoms with Gasteiger partial charge in [-0.3, -0.25) is 0 Å². The Balaban J connectivity index is 2.36. The summed E-state index contributed by atoms with van der Waals surface area (Å²) in [5.74, 6) is 0. The molecule has 84 valence electrons. The van der Waals surface area contributed by atoms with Crippen LogP contribution < -0.4 is 0 Å². The summed E-state index contributed by atoms with van der Waals surface area (Å²) >= 11 is 0. The predicted molar refractivity (Wildman–Crippen MR) is 57.1 cm³/mol. The van der Waals surface area contributed by atoms with Crippen LogP contribution in [0, 0.1) is 0 Å². The van der Waals surface area contributed by atoms with Crippen molar-refractivity contribution in [2.75, 3.05) is 39.9 Å². The molecule has 14 heavy (non-hydrogen) atoms. The van der Waals surface area contributed by atoms with E-state index < -0.39 is 0 Å². The Labute approximate surface area is 87.6 Å². The van der Waals surface area contributed by atoms with Crippen molar-refractivity contribution in [1.82, 2.24) is 0 Å². The van der Waals surface area contributed by atoms with Gasteiger partial charge >= 0.3 is 0 Å². The maximum Gasteiger partial charge on any atom is 0.207 e. The predicted octanol–water partition coefficient (Wildman–Crippen LogP) is 1.63. The summed E-state index contributed by atoms with van der Waals surface area (Å²) in [7, 11) is 2.30. The summed E-state index contributed by atoms with van der Waals surface area (Å²) in [5.41, 5.74) is 0. The lowest BCUT2D eigenvalue weighted by atomic mass is 10.4. The molecule has 1 heterocycles. The molecular formula is C11H24NO2+. The molecule has 1 aliphatic rings. The van der Waals surface area contributed by atoms with E-state index in [9.17, 15) is 0 Å². The SMILES string of the molecule is CCOC(C[N+]1(C)CCCC1)OCC. The second-order valence-corrected chi connectivity index (χ2v) is 4.30. The van der Waals surface area contributed by atoms with E-state index in [0.29, 0.717) is 0 Å². The Morgan fingerprint density at radius 1 is 1.07 bits per heavy atom. The zero-order chi connectivity index (χ0) is 10.4. The molecule has 0 atom stereocenters. The van der Waals surface area contributed by atoms with Crippen LogP contribution in [0.3, 0.4) is 0 Å². The van der Waals surface area contributed by atoms with E-state index >= 15 is 0 Å². The van der Waals surface area contributed by atoms with Gasteiger partial charge in [-0.15, -0.1) is 0 Å². The van der Waals surface area contributed by atoms with Gasteiger partial charge in [-0.1, -0.05) is 0 Å². The van der Waals surface area contributed by atoms with E-state index in [0.717, 1.165) is 24.2 Å². The highest BCUT2D eigenvalue weighted by molar-refractivity contribution is 4.54. The van der Waals surface area contributed by atoms with E-state index in [2.05, 4.69) is 7.05 Å². The Morgan fingerprint density at radius 3 is 2.00 bits per heavy atom. The largest absolute Gasteiger partial charge is 0.348 e. The first-order valence-corrected chi connectivity index (χ1v) is 5.77. The lowest BCUT2D eigenvalue weighted by molar-refractivity contribution is -0.903. The molecular weight excluding hydrogens is 178 g/mol. The Hall–Kier alpha value is -0.120. The lowest BCUT2D eigenvalue weighted by Crippen LogP contribution is -2.47. The van der Waals surface area contributed by atoms with Crippen molar-refractivity contribution in [3.05, 3.63) is 0 Å². The number of hydrogen-bond acceptors (Lipinski definition) is 2. The van der Waals surface area contributed by atoms with Crippen LogP contribution in [-0.4, -0.2) is 50.7 Å². The summed E-state index contributed by atoms with van der Waals surface area (Å²) in [4.78, 5) is 0. The summed E-state index contributed by atoms with van der Waals surface area (Å²) < 4.78 is 12.3. The second kappa shape index (κ2) is 5.69. The number of rotatable bonds is 6. The van der Waals surface area contributed by atoms with E-state index in [1.54, 1.807) is 0 Å². The van der Waals surface area contributed by atoms with Crippen molar-refractivity contribution >= 4 is 0 Å². The standard InChI is InChI=1S/C11H24NO2/c1-4-13-11(14-5-2)10-12(3)8-6-7-9-12/h11H,4-10H2,1-3H3/q+1. The van der Waals surface area contributed by atoms with Crippen LogP contribution in [-0.2, 0) is 9.47 Å². The molecule has 0 N–H and O–H groups in total. The third kappa shape index (κ3) is 3.56.